The van der Waals surface area contributed by atoms with Crippen molar-refractivity contribution >= 4 is 17.5 Å². The molecule has 102 valence electrons. The van der Waals surface area contributed by atoms with E-state index < -0.39 is 5.91 Å². The molecule has 2 heterocycles. The second-order valence-corrected chi connectivity index (χ2v) is 4.11. The van der Waals surface area contributed by atoms with Gasteiger partial charge in [0.15, 0.2) is 11.5 Å². The number of rotatable bonds is 5. The fourth-order valence-corrected chi connectivity index (χ4v) is 1.53. The molecule has 0 aliphatic rings. The molecule has 8 nitrogen and oxygen atoms in total. The zero-order valence-electron chi connectivity index (χ0n) is 10.4. The highest BCUT2D eigenvalue weighted by molar-refractivity contribution is 6.34. The van der Waals surface area contributed by atoms with E-state index in [1.54, 1.807) is 6.92 Å². The summed E-state index contributed by atoms with van der Waals surface area (Å²) in [5.74, 6) is 0.282. The minimum absolute atomic E-state index is 0.0950. The molecule has 0 aliphatic carbocycles. The monoisotopic (exact) mass is 285 g/mol. The van der Waals surface area contributed by atoms with E-state index >= 15 is 0 Å². The summed E-state index contributed by atoms with van der Waals surface area (Å²) in [6.07, 6.45) is 0. The minimum Gasteiger partial charge on any atom is -0.377 e. The van der Waals surface area contributed by atoms with Gasteiger partial charge in [0.05, 0.1) is 17.3 Å². The van der Waals surface area contributed by atoms with E-state index in [0.29, 0.717) is 16.5 Å². The van der Waals surface area contributed by atoms with Gasteiger partial charge >= 0.3 is 0 Å². The Bertz CT molecular complexity index is 579. The molecule has 0 fully saturated rings. The van der Waals surface area contributed by atoms with E-state index in [2.05, 4.69) is 25.7 Å². The van der Waals surface area contributed by atoms with E-state index in [0.717, 1.165) is 0 Å². The van der Waals surface area contributed by atoms with Gasteiger partial charge in [-0.2, -0.15) is 10.1 Å². The van der Waals surface area contributed by atoms with Gasteiger partial charge in [-0.15, -0.1) is 0 Å². The maximum atomic E-state index is 11.8. The number of aryl methyl sites for hydroxylation is 1. The molecule has 2 aromatic rings. The van der Waals surface area contributed by atoms with E-state index in [-0.39, 0.29) is 24.7 Å². The number of nitrogens with zero attached hydrogens (tertiary/aromatic N) is 3. The number of amides is 1. The summed E-state index contributed by atoms with van der Waals surface area (Å²) in [4.78, 5) is 15.8. The van der Waals surface area contributed by atoms with E-state index in [1.165, 1.54) is 7.11 Å². The van der Waals surface area contributed by atoms with Crippen molar-refractivity contribution < 1.29 is 14.1 Å². The predicted octanol–water partition coefficient (Wildman–Crippen LogP) is 0.831. The van der Waals surface area contributed by atoms with Crippen molar-refractivity contribution in [1.29, 1.82) is 0 Å². The topological polar surface area (TPSA) is 106 Å². The highest BCUT2D eigenvalue weighted by Crippen LogP contribution is 2.16. The molecule has 19 heavy (non-hydrogen) atoms. The molecule has 0 spiro atoms. The van der Waals surface area contributed by atoms with Gasteiger partial charge in [-0.1, -0.05) is 16.8 Å². The van der Waals surface area contributed by atoms with Crippen LogP contribution in [0.1, 0.15) is 27.9 Å². The Morgan fingerprint density at radius 3 is 3.00 bits per heavy atom. The summed E-state index contributed by atoms with van der Waals surface area (Å²) in [6, 6.07) is 0. The number of carbonyl (C=O) groups excluding carboxylic acids is 1. The highest BCUT2D eigenvalue weighted by atomic mass is 35.5. The summed E-state index contributed by atoms with van der Waals surface area (Å²) in [6.45, 7) is 2.07. The first kappa shape index (κ1) is 13.5. The van der Waals surface area contributed by atoms with Crippen molar-refractivity contribution in [3.05, 3.63) is 28.1 Å². The van der Waals surface area contributed by atoms with Gasteiger partial charge in [-0.05, 0) is 6.92 Å². The van der Waals surface area contributed by atoms with Crippen LogP contribution in [-0.4, -0.2) is 33.4 Å². The predicted molar refractivity (Wildman–Crippen MR) is 64.5 cm³/mol. The maximum absolute atomic E-state index is 11.8. The zero-order chi connectivity index (χ0) is 13.8. The zero-order valence-corrected chi connectivity index (χ0v) is 11.1. The van der Waals surface area contributed by atoms with Crippen LogP contribution in [0.15, 0.2) is 4.52 Å². The number of carbonyl (C=O) groups is 1. The molecule has 1 amide bonds. The van der Waals surface area contributed by atoms with Crippen molar-refractivity contribution in [2.45, 2.75) is 20.1 Å². The molecule has 2 aromatic heterocycles. The summed E-state index contributed by atoms with van der Waals surface area (Å²) < 4.78 is 9.77. The molecule has 0 unspecified atom stereocenters. The van der Waals surface area contributed by atoms with E-state index in [9.17, 15) is 4.79 Å². The number of H-pyrrole nitrogens is 1. The summed E-state index contributed by atoms with van der Waals surface area (Å²) in [5.41, 5.74) is 0.766. The van der Waals surface area contributed by atoms with Crippen LogP contribution in [0.25, 0.3) is 0 Å². The molecule has 0 saturated carbocycles. The normalized spacial score (nSPS) is 10.7. The molecule has 2 rings (SSSR count). The standard InChI is InChI=1S/C10H12ClN5O3/c1-5-8(11)9(15-14-5)10(17)12-3-7-13-6(4-18-2)16-19-7/h3-4H2,1-2H3,(H,12,17)(H,14,15). The molecule has 0 aromatic carbocycles. The lowest BCUT2D eigenvalue weighted by Gasteiger charge is -1.99. The molecule has 0 atom stereocenters. The Morgan fingerprint density at radius 1 is 1.58 bits per heavy atom. The van der Waals surface area contributed by atoms with Gasteiger partial charge in [0, 0.05) is 7.11 Å². The Kier molecular flexibility index (Phi) is 4.13. The third kappa shape index (κ3) is 3.09. The van der Waals surface area contributed by atoms with Gasteiger partial charge < -0.3 is 14.6 Å². The smallest absolute Gasteiger partial charge is 0.273 e. The number of methoxy groups -OCH3 is 1. The quantitative estimate of drug-likeness (QED) is 0.843. The van der Waals surface area contributed by atoms with Crippen molar-refractivity contribution in [2.24, 2.45) is 0 Å². The van der Waals surface area contributed by atoms with Gasteiger partial charge in [0.1, 0.15) is 6.61 Å². The number of hydrogen-bond donors (Lipinski definition) is 2. The van der Waals surface area contributed by atoms with Crippen LogP contribution in [0.4, 0.5) is 0 Å². The highest BCUT2D eigenvalue weighted by Gasteiger charge is 2.16. The van der Waals surface area contributed by atoms with Crippen LogP contribution in [0, 0.1) is 6.92 Å². The fraction of sp³-hybridized carbons (Fsp3) is 0.400. The van der Waals surface area contributed by atoms with E-state index in [1.807, 2.05) is 0 Å². The third-order valence-electron chi connectivity index (χ3n) is 2.27. The van der Waals surface area contributed by atoms with Crippen LogP contribution in [0.2, 0.25) is 5.02 Å². The summed E-state index contributed by atoms with van der Waals surface area (Å²) >= 11 is 5.91. The number of aromatic nitrogens is 4. The average molecular weight is 286 g/mol. The lowest BCUT2D eigenvalue weighted by molar-refractivity contribution is 0.0941. The molecule has 0 bridgehead atoms. The molecule has 0 radical (unpaired) electrons. The molecular formula is C10H12ClN5O3. The molecular weight excluding hydrogens is 274 g/mol. The van der Waals surface area contributed by atoms with E-state index in [4.69, 9.17) is 20.9 Å². The SMILES string of the molecule is COCc1noc(CNC(=O)c2n[nH]c(C)c2Cl)n1. The second kappa shape index (κ2) is 5.81. The number of ether oxygens (including phenoxy) is 1. The number of hydrogen-bond acceptors (Lipinski definition) is 6. The first-order chi connectivity index (χ1) is 9.11. The van der Waals surface area contributed by atoms with Crippen molar-refractivity contribution in [3.8, 4) is 0 Å². The Balaban J connectivity index is 1.94. The average Bonchev–Trinajstić information content (AvgIpc) is 2.96. The van der Waals surface area contributed by atoms with Crippen LogP contribution in [0.3, 0.4) is 0 Å². The minimum atomic E-state index is -0.416. The number of nitrogens with one attached hydrogen (secondary N) is 2. The van der Waals surface area contributed by atoms with Crippen LogP contribution in [-0.2, 0) is 17.9 Å². The lowest BCUT2D eigenvalue weighted by atomic mass is 10.3. The Labute approximate surface area is 113 Å². The van der Waals surface area contributed by atoms with Gasteiger partial charge in [0.2, 0.25) is 5.89 Å². The fourth-order valence-electron chi connectivity index (χ4n) is 1.36. The largest absolute Gasteiger partial charge is 0.377 e. The van der Waals surface area contributed by atoms with Gasteiger partial charge in [0.25, 0.3) is 5.91 Å². The molecule has 0 aliphatic heterocycles. The van der Waals surface area contributed by atoms with Crippen molar-refractivity contribution in [1.82, 2.24) is 25.7 Å². The number of halogens is 1. The molecule has 2 N–H and O–H groups in total. The Morgan fingerprint density at radius 2 is 2.37 bits per heavy atom. The third-order valence-corrected chi connectivity index (χ3v) is 2.73. The summed E-state index contributed by atoms with van der Waals surface area (Å²) in [5, 5.41) is 13.0. The van der Waals surface area contributed by atoms with Crippen molar-refractivity contribution in [3.63, 3.8) is 0 Å². The molecule has 9 heteroatoms. The van der Waals surface area contributed by atoms with Gasteiger partial charge in [-0.3, -0.25) is 9.89 Å². The van der Waals surface area contributed by atoms with Crippen LogP contribution < -0.4 is 5.32 Å². The van der Waals surface area contributed by atoms with Crippen LogP contribution >= 0.6 is 11.6 Å². The van der Waals surface area contributed by atoms with Crippen LogP contribution in [0.5, 0.6) is 0 Å². The van der Waals surface area contributed by atoms with Gasteiger partial charge in [-0.25, -0.2) is 0 Å². The van der Waals surface area contributed by atoms with Crippen molar-refractivity contribution in [2.75, 3.05) is 7.11 Å². The molecule has 0 saturated heterocycles. The second-order valence-electron chi connectivity index (χ2n) is 3.73. The first-order valence-electron chi connectivity index (χ1n) is 5.41. The first-order valence-corrected chi connectivity index (χ1v) is 5.78. The Hall–Kier alpha value is -1.93. The summed E-state index contributed by atoms with van der Waals surface area (Å²) in [7, 11) is 1.53. The lowest BCUT2D eigenvalue weighted by Crippen LogP contribution is -2.23. The maximum Gasteiger partial charge on any atom is 0.273 e. The number of aromatic amines is 1.